The number of sulfonamides is 1. The predicted octanol–water partition coefficient (Wildman–Crippen LogP) is 1.95. The quantitative estimate of drug-likeness (QED) is 0.815. The van der Waals surface area contributed by atoms with E-state index in [1.807, 2.05) is 0 Å². The van der Waals surface area contributed by atoms with Crippen LogP contribution < -0.4 is 0 Å². The zero-order valence-electron chi connectivity index (χ0n) is 11.2. The van der Waals surface area contributed by atoms with Gasteiger partial charge < -0.3 is 5.11 Å². The normalized spacial score (nSPS) is 12.2. The first-order valence-electron chi connectivity index (χ1n) is 6.03. The van der Waals surface area contributed by atoms with Gasteiger partial charge in [-0.15, -0.1) is 0 Å². The molecule has 0 heterocycles. The zero-order chi connectivity index (χ0) is 15.3. The molecule has 0 aliphatic rings. The standard InChI is InChI=1S/C13H16FNO4S/c1-3-15(4-2)20(18,19)12-7-5-10(9-11(12)14)6-8-13(16)17/h5-9H,3-4H2,1-2H3,(H,16,17)/b8-6+. The number of hydrogen-bond donors (Lipinski definition) is 1. The zero-order valence-corrected chi connectivity index (χ0v) is 12.0. The van der Waals surface area contributed by atoms with Crippen molar-refractivity contribution in [2.45, 2.75) is 18.7 Å². The van der Waals surface area contributed by atoms with Gasteiger partial charge in [0.25, 0.3) is 0 Å². The van der Waals surface area contributed by atoms with Gasteiger partial charge in [-0.1, -0.05) is 19.9 Å². The average Bonchev–Trinajstić information content (AvgIpc) is 2.37. The number of carbonyl (C=O) groups is 1. The van der Waals surface area contributed by atoms with Crippen molar-refractivity contribution in [2.75, 3.05) is 13.1 Å². The Kier molecular flexibility index (Phi) is 5.41. The van der Waals surface area contributed by atoms with E-state index in [9.17, 15) is 17.6 Å². The van der Waals surface area contributed by atoms with Gasteiger partial charge in [-0.2, -0.15) is 4.31 Å². The lowest BCUT2D eigenvalue weighted by molar-refractivity contribution is -0.131. The second-order valence-corrected chi connectivity index (χ2v) is 5.86. The highest BCUT2D eigenvalue weighted by Gasteiger charge is 2.24. The Morgan fingerprint density at radius 1 is 1.35 bits per heavy atom. The first-order valence-corrected chi connectivity index (χ1v) is 7.47. The van der Waals surface area contributed by atoms with Crippen LogP contribution in [0.15, 0.2) is 29.2 Å². The van der Waals surface area contributed by atoms with Crippen molar-refractivity contribution in [2.24, 2.45) is 0 Å². The van der Waals surface area contributed by atoms with Crippen molar-refractivity contribution < 1.29 is 22.7 Å². The van der Waals surface area contributed by atoms with Gasteiger partial charge in [-0.3, -0.25) is 0 Å². The van der Waals surface area contributed by atoms with Gasteiger partial charge in [0, 0.05) is 19.2 Å². The SMILES string of the molecule is CCN(CC)S(=O)(=O)c1ccc(/C=C/C(=O)O)cc1F. The predicted molar refractivity (Wildman–Crippen MR) is 73.2 cm³/mol. The summed E-state index contributed by atoms with van der Waals surface area (Å²) in [6.07, 6.45) is 2.05. The summed E-state index contributed by atoms with van der Waals surface area (Å²) < 4.78 is 39.4. The van der Waals surface area contributed by atoms with E-state index < -0.39 is 26.7 Å². The van der Waals surface area contributed by atoms with Crippen LogP contribution in [-0.4, -0.2) is 36.9 Å². The lowest BCUT2D eigenvalue weighted by Crippen LogP contribution is -2.31. The van der Waals surface area contributed by atoms with Crippen LogP contribution in [0.3, 0.4) is 0 Å². The fourth-order valence-electron chi connectivity index (χ4n) is 1.70. The molecule has 0 aliphatic heterocycles. The van der Waals surface area contributed by atoms with Crippen LogP contribution in [0.5, 0.6) is 0 Å². The average molecular weight is 301 g/mol. The molecule has 5 nitrogen and oxygen atoms in total. The number of aliphatic carboxylic acids is 1. The minimum Gasteiger partial charge on any atom is -0.478 e. The number of carboxylic acid groups (broad SMARTS) is 1. The maximum Gasteiger partial charge on any atom is 0.328 e. The third-order valence-corrected chi connectivity index (χ3v) is 4.78. The third kappa shape index (κ3) is 3.64. The summed E-state index contributed by atoms with van der Waals surface area (Å²) in [5, 5.41) is 8.48. The third-order valence-electron chi connectivity index (χ3n) is 2.70. The molecule has 0 saturated heterocycles. The first-order chi connectivity index (χ1) is 9.32. The molecule has 0 saturated carbocycles. The van der Waals surface area contributed by atoms with E-state index in [0.717, 1.165) is 22.5 Å². The molecule has 0 fully saturated rings. The Morgan fingerprint density at radius 3 is 2.40 bits per heavy atom. The molecule has 0 aliphatic carbocycles. The minimum absolute atomic E-state index is 0.249. The van der Waals surface area contributed by atoms with Crippen molar-refractivity contribution >= 4 is 22.1 Å². The number of hydrogen-bond acceptors (Lipinski definition) is 3. The maximum absolute atomic E-state index is 13.9. The minimum atomic E-state index is -3.86. The van der Waals surface area contributed by atoms with E-state index in [1.165, 1.54) is 12.1 Å². The summed E-state index contributed by atoms with van der Waals surface area (Å²) in [6.45, 7) is 3.84. The number of benzene rings is 1. The molecule has 0 atom stereocenters. The topological polar surface area (TPSA) is 74.7 Å². The van der Waals surface area contributed by atoms with Crippen molar-refractivity contribution in [3.05, 3.63) is 35.7 Å². The highest BCUT2D eigenvalue weighted by molar-refractivity contribution is 7.89. The Balaban J connectivity index is 3.20. The largest absolute Gasteiger partial charge is 0.478 e. The molecule has 0 amide bonds. The molecule has 1 rings (SSSR count). The molecular weight excluding hydrogens is 285 g/mol. The number of rotatable bonds is 6. The van der Waals surface area contributed by atoms with Crippen LogP contribution in [0.4, 0.5) is 4.39 Å². The Morgan fingerprint density at radius 2 is 1.95 bits per heavy atom. The van der Waals surface area contributed by atoms with Gasteiger partial charge in [0.05, 0.1) is 0 Å². The van der Waals surface area contributed by atoms with E-state index >= 15 is 0 Å². The molecule has 0 aromatic heterocycles. The van der Waals surface area contributed by atoms with Gasteiger partial charge in [-0.05, 0) is 23.8 Å². The van der Waals surface area contributed by atoms with Crippen molar-refractivity contribution in [3.8, 4) is 0 Å². The van der Waals surface area contributed by atoms with Crippen molar-refractivity contribution in [3.63, 3.8) is 0 Å². The Bertz CT molecular complexity index is 621. The van der Waals surface area contributed by atoms with Gasteiger partial charge in [0.1, 0.15) is 10.7 Å². The van der Waals surface area contributed by atoms with E-state index in [2.05, 4.69) is 0 Å². The molecular formula is C13H16FNO4S. The second-order valence-electron chi connectivity index (χ2n) is 3.95. The molecule has 0 radical (unpaired) electrons. The van der Waals surface area contributed by atoms with Crippen molar-refractivity contribution in [1.29, 1.82) is 0 Å². The lowest BCUT2D eigenvalue weighted by atomic mass is 10.2. The Labute approximate surface area is 117 Å². The molecule has 0 unspecified atom stereocenters. The first kappa shape index (κ1) is 16.3. The molecule has 1 aromatic rings. The van der Waals surface area contributed by atoms with Gasteiger partial charge in [0.2, 0.25) is 10.0 Å². The molecule has 20 heavy (non-hydrogen) atoms. The van der Waals surface area contributed by atoms with Gasteiger partial charge in [-0.25, -0.2) is 17.6 Å². The van der Waals surface area contributed by atoms with E-state index in [-0.39, 0.29) is 18.7 Å². The summed E-state index contributed by atoms with van der Waals surface area (Å²) in [5.74, 6) is -2.06. The molecule has 0 bridgehead atoms. The van der Waals surface area contributed by atoms with Crippen LogP contribution in [0.25, 0.3) is 6.08 Å². The molecule has 1 aromatic carbocycles. The monoisotopic (exact) mass is 301 g/mol. The Hall–Kier alpha value is -1.73. The van der Waals surface area contributed by atoms with Crippen LogP contribution in [0, 0.1) is 5.82 Å². The number of nitrogens with zero attached hydrogens (tertiary/aromatic N) is 1. The summed E-state index contributed by atoms with van der Waals surface area (Å²) >= 11 is 0. The summed E-state index contributed by atoms with van der Waals surface area (Å²) in [6, 6.07) is 3.50. The summed E-state index contributed by atoms with van der Waals surface area (Å²) in [7, 11) is -3.86. The van der Waals surface area contributed by atoms with Crippen LogP contribution in [-0.2, 0) is 14.8 Å². The van der Waals surface area contributed by atoms with E-state index in [4.69, 9.17) is 5.11 Å². The summed E-state index contributed by atoms with van der Waals surface area (Å²) in [5.41, 5.74) is 0.281. The van der Waals surface area contributed by atoms with Gasteiger partial charge in [0.15, 0.2) is 0 Å². The van der Waals surface area contributed by atoms with Crippen LogP contribution in [0.2, 0.25) is 0 Å². The molecule has 0 spiro atoms. The van der Waals surface area contributed by atoms with Gasteiger partial charge >= 0.3 is 5.97 Å². The lowest BCUT2D eigenvalue weighted by Gasteiger charge is -2.18. The fraction of sp³-hybridized carbons (Fsp3) is 0.308. The number of halogens is 1. The maximum atomic E-state index is 13.9. The highest BCUT2D eigenvalue weighted by Crippen LogP contribution is 2.20. The summed E-state index contributed by atoms with van der Waals surface area (Å²) in [4.78, 5) is 9.96. The second kappa shape index (κ2) is 6.62. The molecule has 110 valence electrons. The molecule has 1 N–H and O–H groups in total. The van der Waals surface area contributed by atoms with Crippen LogP contribution >= 0.6 is 0 Å². The van der Waals surface area contributed by atoms with E-state index in [0.29, 0.717) is 0 Å². The smallest absolute Gasteiger partial charge is 0.328 e. The van der Waals surface area contributed by atoms with Crippen molar-refractivity contribution in [1.82, 2.24) is 4.31 Å². The fourth-order valence-corrected chi connectivity index (χ4v) is 3.20. The van der Waals surface area contributed by atoms with Crippen LogP contribution in [0.1, 0.15) is 19.4 Å². The molecule has 7 heteroatoms. The highest BCUT2D eigenvalue weighted by atomic mass is 32.2. The number of carboxylic acids is 1. The van der Waals surface area contributed by atoms with E-state index in [1.54, 1.807) is 13.8 Å².